The van der Waals surface area contributed by atoms with Crippen molar-refractivity contribution in [2.45, 2.75) is 6.92 Å². The van der Waals surface area contributed by atoms with Gasteiger partial charge in [0.25, 0.3) is 5.56 Å². The number of carboxylic acid groups (broad SMARTS) is 1. The molecular weight excluding hydrogens is 380 g/mol. The van der Waals surface area contributed by atoms with Crippen molar-refractivity contribution < 1.29 is 9.90 Å². The van der Waals surface area contributed by atoms with Crippen molar-refractivity contribution in [1.29, 1.82) is 0 Å². The minimum Gasteiger partial charge on any atom is -0.477 e. The van der Waals surface area contributed by atoms with Gasteiger partial charge >= 0.3 is 5.97 Å². The van der Waals surface area contributed by atoms with E-state index >= 15 is 0 Å². The number of carbonyl (C=O) groups is 1. The van der Waals surface area contributed by atoms with Gasteiger partial charge in [-0.2, -0.15) is 0 Å². The van der Waals surface area contributed by atoms with E-state index in [1.807, 2.05) is 53.9 Å². The Morgan fingerprint density at radius 1 is 1.19 bits per heavy atom. The van der Waals surface area contributed by atoms with Crippen LogP contribution >= 0.6 is 22.7 Å². The van der Waals surface area contributed by atoms with Crippen molar-refractivity contribution in [2.75, 3.05) is 0 Å². The van der Waals surface area contributed by atoms with Gasteiger partial charge in [-0.3, -0.25) is 4.79 Å². The number of nitrogens with zero attached hydrogens (tertiary/aromatic N) is 1. The third-order valence-electron chi connectivity index (χ3n) is 4.16. The fourth-order valence-corrected chi connectivity index (χ4v) is 4.58. The van der Waals surface area contributed by atoms with Crippen molar-refractivity contribution in [1.82, 2.24) is 9.97 Å². The Kier molecular flexibility index (Phi) is 4.47. The van der Waals surface area contributed by atoms with Gasteiger partial charge < -0.3 is 10.1 Å². The van der Waals surface area contributed by atoms with Crippen LogP contribution in [0, 0.1) is 6.92 Å². The second-order valence-electron chi connectivity index (χ2n) is 5.90. The Hall–Kier alpha value is -3.03. The Labute approximate surface area is 162 Å². The Bertz CT molecular complexity index is 1220. The van der Waals surface area contributed by atoms with E-state index in [9.17, 15) is 14.7 Å². The quantitative estimate of drug-likeness (QED) is 0.528. The predicted molar refractivity (Wildman–Crippen MR) is 110 cm³/mol. The van der Waals surface area contributed by atoms with Gasteiger partial charge in [-0.25, -0.2) is 9.78 Å². The highest BCUT2D eigenvalue weighted by Crippen LogP contribution is 2.30. The molecule has 0 radical (unpaired) electrons. The zero-order valence-electron chi connectivity index (χ0n) is 14.2. The van der Waals surface area contributed by atoms with Crippen molar-refractivity contribution in [3.8, 4) is 0 Å². The van der Waals surface area contributed by atoms with Crippen LogP contribution in [0.1, 0.15) is 31.5 Å². The molecule has 3 aromatic heterocycles. The average Bonchev–Trinajstić information content (AvgIpc) is 3.28. The van der Waals surface area contributed by atoms with Crippen LogP contribution in [0.3, 0.4) is 0 Å². The van der Waals surface area contributed by atoms with Crippen LogP contribution in [0.5, 0.6) is 0 Å². The minimum absolute atomic E-state index is 0.142. The first-order valence-corrected chi connectivity index (χ1v) is 9.82. The van der Waals surface area contributed by atoms with Gasteiger partial charge in [0, 0.05) is 10.5 Å². The van der Waals surface area contributed by atoms with Gasteiger partial charge in [-0.1, -0.05) is 36.4 Å². The van der Waals surface area contributed by atoms with Gasteiger partial charge in [0.05, 0.1) is 5.39 Å². The van der Waals surface area contributed by atoms with E-state index in [2.05, 4.69) is 9.97 Å². The van der Waals surface area contributed by atoms with Gasteiger partial charge in [0.1, 0.15) is 15.5 Å². The molecule has 0 spiro atoms. The van der Waals surface area contributed by atoms with Crippen molar-refractivity contribution in [3.05, 3.63) is 84.9 Å². The number of hydrogen-bond acceptors (Lipinski definition) is 5. The standard InChI is InChI=1S/C20H14N2O3S2/c1-11-15-18(23)21-17(22-19(15)27-16(11)20(24)25)14(10-13-8-5-9-26-13)12-6-3-2-4-7-12/h2-10H,1H3,(H,24,25)(H,21,22,23)/b14-10+. The fourth-order valence-electron chi connectivity index (χ4n) is 2.90. The zero-order chi connectivity index (χ0) is 19.0. The molecule has 3 heterocycles. The highest BCUT2D eigenvalue weighted by molar-refractivity contribution is 7.20. The van der Waals surface area contributed by atoms with Crippen LogP contribution in [0.2, 0.25) is 0 Å². The summed E-state index contributed by atoms with van der Waals surface area (Å²) < 4.78 is 0. The molecule has 0 aliphatic carbocycles. The first-order chi connectivity index (χ1) is 13.0. The van der Waals surface area contributed by atoms with Gasteiger partial charge in [-0.15, -0.1) is 22.7 Å². The number of aromatic amines is 1. The fraction of sp³-hybridized carbons (Fsp3) is 0.0500. The molecule has 0 bridgehead atoms. The summed E-state index contributed by atoms with van der Waals surface area (Å²) in [7, 11) is 0. The average molecular weight is 394 g/mol. The molecule has 0 unspecified atom stereocenters. The molecule has 27 heavy (non-hydrogen) atoms. The van der Waals surface area contributed by atoms with Crippen LogP contribution in [0.4, 0.5) is 0 Å². The maximum absolute atomic E-state index is 12.7. The second kappa shape index (κ2) is 6.94. The highest BCUT2D eigenvalue weighted by Gasteiger charge is 2.20. The van der Waals surface area contributed by atoms with Gasteiger partial charge in [-0.05, 0) is 35.6 Å². The number of hydrogen-bond donors (Lipinski definition) is 2. The van der Waals surface area contributed by atoms with Crippen LogP contribution in [-0.2, 0) is 0 Å². The van der Waals surface area contributed by atoms with Crippen molar-refractivity contribution in [2.24, 2.45) is 0 Å². The maximum Gasteiger partial charge on any atom is 0.346 e. The summed E-state index contributed by atoms with van der Waals surface area (Å²) in [6, 6.07) is 13.6. The lowest BCUT2D eigenvalue weighted by molar-refractivity contribution is 0.0701. The lowest BCUT2D eigenvalue weighted by Gasteiger charge is -2.07. The molecule has 4 aromatic rings. The molecule has 0 atom stereocenters. The second-order valence-corrected chi connectivity index (χ2v) is 7.87. The van der Waals surface area contributed by atoms with E-state index in [1.165, 1.54) is 0 Å². The summed E-state index contributed by atoms with van der Waals surface area (Å²) in [5, 5.41) is 11.7. The van der Waals surface area contributed by atoms with E-state index in [1.54, 1.807) is 18.3 Å². The summed E-state index contributed by atoms with van der Waals surface area (Å²) in [5.41, 5.74) is 1.82. The van der Waals surface area contributed by atoms with Crippen LogP contribution in [0.25, 0.3) is 21.9 Å². The molecule has 0 saturated heterocycles. The number of nitrogens with one attached hydrogen (secondary N) is 1. The molecule has 0 amide bonds. The van der Waals surface area contributed by atoms with E-state index in [0.717, 1.165) is 27.4 Å². The molecule has 2 N–H and O–H groups in total. The summed E-state index contributed by atoms with van der Waals surface area (Å²) in [4.78, 5) is 33.1. The minimum atomic E-state index is -1.05. The number of aromatic nitrogens is 2. The summed E-state index contributed by atoms with van der Waals surface area (Å²) in [6.07, 6.45) is 1.97. The van der Waals surface area contributed by atoms with E-state index in [-0.39, 0.29) is 10.4 Å². The number of aryl methyl sites for hydroxylation is 1. The third-order valence-corrected chi connectivity index (χ3v) is 6.16. The van der Waals surface area contributed by atoms with Crippen LogP contribution < -0.4 is 5.56 Å². The first-order valence-electron chi connectivity index (χ1n) is 8.12. The largest absolute Gasteiger partial charge is 0.477 e. The molecule has 1 aromatic carbocycles. The summed E-state index contributed by atoms with van der Waals surface area (Å²) >= 11 is 2.61. The number of H-pyrrole nitrogens is 1. The number of thiophene rings is 2. The molecule has 0 saturated carbocycles. The highest BCUT2D eigenvalue weighted by atomic mass is 32.1. The SMILES string of the molecule is Cc1c(C(=O)O)sc2nc(/C(=C/c3cccs3)c3ccccc3)[nH]c(=O)c12. The zero-order valence-corrected chi connectivity index (χ0v) is 15.9. The lowest BCUT2D eigenvalue weighted by Crippen LogP contribution is -2.11. The smallest absolute Gasteiger partial charge is 0.346 e. The maximum atomic E-state index is 12.7. The normalized spacial score (nSPS) is 11.8. The summed E-state index contributed by atoms with van der Waals surface area (Å²) in [5.74, 6) is -0.626. The monoisotopic (exact) mass is 394 g/mol. The molecule has 7 heteroatoms. The van der Waals surface area contributed by atoms with Crippen LogP contribution in [0.15, 0.2) is 52.6 Å². The Balaban J connectivity index is 1.97. The predicted octanol–water partition coefficient (Wildman–Crippen LogP) is 4.64. The van der Waals surface area contributed by atoms with Crippen molar-refractivity contribution >= 4 is 50.5 Å². The van der Waals surface area contributed by atoms with E-state index < -0.39 is 5.97 Å². The molecule has 4 rings (SSSR count). The third kappa shape index (κ3) is 3.22. The van der Waals surface area contributed by atoms with E-state index in [0.29, 0.717) is 21.6 Å². The van der Waals surface area contributed by atoms with Gasteiger partial charge in [0.15, 0.2) is 0 Å². The molecule has 0 aliphatic rings. The number of benzene rings is 1. The number of carboxylic acids is 1. The molecular formula is C20H14N2O3S2. The van der Waals surface area contributed by atoms with Crippen molar-refractivity contribution in [3.63, 3.8) is 0 Å². The first kappa shape index (κ1) is 17.4. The molecule has 5 nitrogen and oxygen atoms in total. The Morgan fingerprint density at radius 2 is 1.96 bits per heavy atom. The summed E-state index contributed by atoms with van der Waals surface area (Å²) in [6.45, 7) is 1.64. The van der Waals surface area contributed by atoms with Gasteiger partial charge in [0.2, 0.25) is 0 Å². The Morgan fingerprint density at radius 3 is 2.63 bits per heavy atom. The lowest BCUT2D eigenvalue weighted by atomic mass is 10.0. The number of rotatable bonds is 4. The number of fused-ring (bicyclic) bond motifs is 1. The van der Waals surface area contributed by atoms with Crippen LogP contribution in [-0.4, -0.2) is 21.0 Å². The number of aromatic carboxylic acids is 1. The topological polar surface area (TPSA) is 83.0 Å². The molecule has 0 fully saturated rings. The molecule has 0 aliphatic heterocycles. The van der Waals surface area contributed by atoms with E-state index in [4.69, 9.17) is 0 Å². The molecule has 134 valence electrons.